The fraction of sp³-hybridized carbons (Fsp3) is 0.533. The van der Waals surface area contributed by atoms with Gasteiger partial charge in [0.25, 0.3) is 0 Å². The summed E-state index contributed by atoms with van der Waals surface area (Å²) in [5.74, 6) is 2.77. The highest BCUT2D eigenvalue weighted by Gasteiger charge is 2.23. The van der Waals surface area contributed by atoms with Crippen LogP contribution in [0.25, 0.3) is 0 Å². The largest absolute Gasteiger partial charge is 0.490 e. The summed E-state index contributed by atoms with van der Waals surface area (Å²) in [5, 5.41) is 11.9. The lowest BCUT2D eigenvalue weighted by molar-refractivity contribution is 0.297. The van der Waals surface area contributed by atoms with Crippen molar-refractivity contribution >= 4 is 17.6 Å². The van der Waals surface area contributed by atoms with E-state index in [9.17, 15) is 0 Å². The van der Waals surface area contributed by atoms with Crippen LogP contribution in [0, 0.1) is 5.41 Å². The summed E-state index contributed by atoms with van der Waals surface area (Å²) in [7, 11) is 0. The Kier molecular flexibility index (Phi) is 5.22. The zero-order valence-electron chi connectivity index (χ0n) is 12.5. The molecule has 1 aromatic rings. The number of hydrogen-bond acceptors (Lipinski definition) is 5. The zero-order chi connectivity index (χ0) is 15.3. The van der Waals surface area contributed by atoms with Crippen molar-refractivity contribution in [2.24, 2.45) is 16.3 Å². The Morgan fingerprint density at radius 1 is 1.33 bits per heavy atom. The van der Waals surface area contributed by atoms with E-state index in [0.717, 1.165) is 35.0 Å². The normalized spacial score (nSPS) is 15.6. The molecule has 3 N–H and O–H groups in total. The maximum atomic E-state index is 8.77. The molecule has 21 heavy (non-hydrogen) atoms. The molecule has 5 nitrogen and oxygen atoms in total. The van der Waals surface area contributed by atoms with Gasteiger partial charge in [0.2, 0.25) is 0 Å². The number of rotatable bonds is 5. The van der Waals surface area contributed by atoms with E-state index in [1.165, 1.54) is 0 Å². The van der Waals surface area contributed by atoms with E-state index >= 15 is 0 Å². The van der Waals surface area contributed by atoms with Crippen LogP contribution in [-0.4, -0.2) is 30.0 Å². The number of thioether (sulfide) groups is 1. The Morgan fingerprint density at radius 3 is 2.76 bits per heavy atom. The number of oxime groups is 1. The molecule has 1 aliphatic heterocycles. The SMILES string of the molecule is CC(C)(CCSc1ccc2c(c1)OCCCO2)/C(N)=N/O. The average Bonchev–Trinajstić information content (AvgIpc) is 2.70. The fourth-order valence-corrected chi connectivity index (χ4v) is 3.12. The first-order valence-corrected chi connectivity index (χ1v) is 8.02. The second-order valence-electron chi connectivity index (χ2n) is 5.63. The molecule has 0 atom stereocenters. The molecule has 116 valence electrons. The number of benzene rings is 1. The Morgan fingerprint density at radius 2 is 2.05 bits per heavy atom. The van der Waals surface area contributed by atoms with Gasteiger partial charge in [0.15, 0.2) is 11.5 Å². The third kappa shape index (κ3) is 4.20. The quantitative estimate of drug-likeness (QED) is 0.287. The van der Waals surface area contributed by atoms with Crippen LogP contribution in [0.15, 0.2) is 28.3 Å². The highest BCUT2D eigenvalue weighted by Crippen LogP contribution is 2.35. The summed E-state index contributed by atoms with van der Waals surface area (Å²) < 4.78 is 11.3. The van der Waals surface area contributed by atoms with Crippen LogP contribution in [0.4, 0.5) is 0 Å². The molecule has 0 spiro atoms. The van der Waals surface area contributed by atoms with Gasteiger partial charge in [0, 0.05) is 16.7 Å². The van der Waals surface area contributed by atoms with Crippen LogP contribution in [0.2, 0.25) is 0 Å². The van der Waals surface area contributed by atoms with Gasteiger partial charge < -0.3 is 20.4 Å². The van der Waals surface area contributed by atoms with Crippen LogP contribution in [0.3, 0.4) is 0 Å². The number of fused-ring (bicyclic) bond motifs is 1. The number of amidine groups is 1. The molecule has 2 rings (SSSR count). The topological polar surface area (TPSA) is 77.1 Å². The third-order valence-corrected chi connectivity index (χ3v) is 4.51. The second kappa shape index (κ2) is 6.93. The van der Waals surface area contributed by atoms with Crippen LogP contribution in [-0.2, 0) is 0 Å². The maximum Gasteiger partial charge on any atom is 0.162 e. The van der Waals surface area contributed by atoms with Gasteiger partial charge >= 0.3 is 0 Å². The lowest BCUT2D eigenvalue weighted by Crippen LogP contribution is -2.32. The monoisotopic (exact) mass is 310 g/mol. The number of ether oxygens (including phenoxy) is 2. The van der Waals surface area contributed by atoms with Gasteiger partial charge in [-0.2, -0.15) is 0 Å². The first kappa shape index (κ1) is 15.8. The summed E-state index contributed by atoms with van der Waals surface area (Å²) in [5.41, 5.74) is 5.38. The molecule has 0 saturated heterocycles. The highest BCUT2D eigenvalue weighted by atomic mass is 32.2. The molecule has 0 fully saturated rings. The first-order valence-electron chi connectivity index (χ1n) is 7.03. The molecule has 1 heterocycles. The van der Waals surface area contributed by atoms with E-state index in [1.54, 1.807) is 11.8 Å². The van der Waals surface area contributed by atoms with E-state index in [2.05, 4.69) is 5.16 Å². The van der Waals surface area contributed by atoms with E-state index in [1.807, 2.05) is 32.0 Å². The second-order valence-corrected chi connectivity index (χ2v) is 6.79. The van der Waals surface area contributed by atoms with Gasteiger partial charge in [-0.3, -0.25) is 0 Å². The molecule has 1 aromatic carbocycles. The number of nitrogens with zero attached hydrogens (tertiary/aromatic N) is 1. The van der Waals surface area contributed by atoms with Crippen LogP contribution in [0.5, 0.6) is 11.5 Å². The van der Waals surface area contributed by atoms with Gasteiger partial charge in [-0.05, 0) is 30.4 Å². The lowest BCUT2D eigenvalue weighted by atomic mass is 9.89. The van der Waals surface area contributed by atoms with Crippen molar-refractivity contribution in [2.75, 3.05) is 19.0 Å². The predicted molar refractivity (Wildman–Crippen MR) is 84.6 cm³/mol. The van der Waals surface area contributed by atoms with E-state index < -0.39 is 0 Å². The summed E-state index contributed by atoms with van der Waals surface area (Å²) in [6.45, 7) is 5.33. The van der Waals surface area contributed by atoms with Gasteiger partial charge in [-0.25, -0.2) is 0 Å². The van der Waals surface area contributed by atoms with Crippen LogP contribution >= 0.6 is 11.8 Å². The molecule has 0 bridgehead atoms. The molecule has 0 amide bonds. The third-order valence-electron chi connectivity index (χ3n) is 3.52. The minimum atomic E-state index is -0.312. The average molecular weight is 310 g/mol. The zero-order valence-corrected chi connectivity index (χ0v) is 13.3. The van der Waals surface area contributed by atoms with Crippen LogP contribution in [0.1, 0.15) is 26.7 Å². The standard InChI is InChI=1S/C15H22N2O3S/c1-15(2,14(16)17-18)6-9-21-11-4-5-12-13(10-11)20-8-3-7-19-12/h4-5,10,18H,3,6-9H2,1-2H3,(H2,16,17). The van der Waals surface area contributed by atoms with Gasteiger partial charge in [-0.15, -0.1) is 11.8 Å². The first-order chi connectivity index (χ1) is 10.0. The van der Waals surface area contributed by atoms with Gasteiger partial charge in [0.05, 0.1) is 13.2 Å². The van der Waals surface area contributed by atoms with Crippen LogP contribution < -0.4 is 15.2 Å². The number of nitrogens with two attached hydrogens (primary N) is 1. The summed E-state index contributed by atoms with van der Waals surface area (Å²) >= 11 is 1.73. The summed E-state index contributed by atoms with van der Waals surface area (Å²) in [6, 6.07) is 6.01. The molecule has 0 aliphatic carbocycles. The van der Waals surface area contributed by atoms with E-state index in [0.29, 0.717) is 13.2 Å². The smallest absolute Gasteiger partial charge is 0.162 e. The Bertz CT molecular complexity index is 518. The molecule has 1 aliphatic rings. The minimum Gasteiger partial charge on any atom is -0.490 e. The molecular formula is C15H22N2O3S. The fourth-order valence-electron chi connectivity index (χ4n) is 1.92. The molecule has 0 saturated carbocycles. The van der Waals surface area contributed by atoms with Crippen molar-refractivity contribution in [1.82, 2.24) is 0 Å². The van der Waals surface area contributed by atoms with E-state index in [4.69, 9.17) is 20.4 Å². The molecule has 0 unspecified atom stereocenters. The Hall–Kier alpha value is -1.56. The molecule has 0 radical (unpaired) electrons. The van der Waals surface area contributed by atoms with Crippen molar-refractivity contribution in [3.05, 3.63) is 18.2 Å². The van der Waals surface area contributed by atoms with Gasteiger partial charge in [-0.1, -0.05) is 19.0 Å². The molecular weight excluding hydrogens is 288 g/mol. The Labute approximate surface area is 129 Å². The lowest BCUT2D eigenvalue weighted by Gasteiger charge is -2.22. The highest BCUT2D eigenvalue weighted by molar-refractivity contribution is 7.99. The van der Waals surface area contributed by atoms with Crippen molar-refractivity contribution in [3.8, 4) is 11.5 Å². The molecule has 0 aromatic heterocycles. The predicted octanol–water partition coefficient (Wildman–Crippen LogP) is 3.10. The van der Waals surface area contributed by atoms with Crippen molar-refractivity contribution in [3.63, 3.8) is 0 Å². The van der Waals surface area contributed by atoms with Gasteiger partial charge in [0.1, 0.15) is 5.84 Å². The summed E-state index contributed by atoms with van der Waals surface area (Å²) in [6.07, 6.45) is 1.73. The van der Waals surface area contributed by atoms with Crippen molar-refractivity contribution < 1.29 is 14.7 Å². The van der Waals surface area contributed by atoms with Crippen molar-refractivity contribution in [2.45, 2.75) is 31.6 Å². The Balaban J connectivity index is 1.94. The van der Waals surface area contributed by atoms with Crippen molar-refractivity contribution in [1.29, 1.82) is 0 Å². The minimum absolute atomic E-state index is 0.266. The number of hydrogen-bond donors (Lipinski definition) is 2. The summed E-state index contributed by atoms with van der Waals surface area (Å²) in [4.78, 5) is 1.13. The van der Waals surface area contributed by atoms with E-state index in [-0.39, 0.29) is 11.3 Å². The molecule has 6 heteroatoms. The maximum absolute atomic E-state index is 8.77.